The number of nitrogens with zero attached hydrogens (tertiary/aromatic N) is 2. The van der Waals surface area contributed by atoms with Gasteiger partial charge in [0, 0.05) is 28.5 Å². The fraction of sp³-hybridized carbons (Fsp3) is 0.233. The molecule has 8 nitrogen and oxygen atoms in total. The van der Waals surface area contributed by atoms with Crippen LogP contribution in [0, 0.1) is 3.70 Å². The van der Waals surface area contributed by atoms with Crippen molar-refractivity contribution < 1.29 is 18.7 Å². The number of furan rings is 1. The number of carbonyl (C=O) groups is 1. The van der Waals surface area contributed by atoms with Crippen molar-refractivity contribution >= 4 is 39.6 Å². The molecule has 0 bridgehead atoms. The molecule has 39 heavy (non-hydrogen) atoms. The van der Waals surface area contributed by atoms with Gasteiger partial charge in [0.25, 0.3) is 0 Å². The van der Waals surface area contributed by atoms with E-state index in [0.29, 0.717) is 12.2 Å². The number of ether oxygens (including phenoxy) is 2. The van der Waals surface area contributed by atoms with Crippen LogP contribution in [-0.2, 0) is 11.2 Å². The maximum Gasteiger partial charge on any atom is 0.407 e. The van der Waals surface area contributed by atoms with Crippen molar-refractivity contribution in [1.82, 2.24) is 20.5 Å². The first-order valence-corrected chi connectivity index (χ1v) is 13.7. The van der Waals surface area contributed by atoms with Gasteiger partial charge in [0.05, 0.1) is 29.9 Å². The van der Waals surface area contributed by atoms with Crippen LogP contribution in [0.4, 0.5) is 4.79 Å². The molecule has 0 unspecified atom stereocenters. The van der Waals surface area contributed by atoms with Gasteiger partial charge in [-0.1, -0.05) is 36.4 Å². The number of aromatic nitrogens is 3. The van der Waals surface area contributed by atoms with Crippen molar-refractivity contribution in [2.45, 2.75) is 38.8 Å². The van der Waals surface area contributed by atoms with Crippen LogP contribution in [-0.4, -0.2) is 39.5 Å². The lowest BCUT2D eigenvalue weighted by atomic mass is 9.99. The van der Waals surface area contributed by atoms with Gasteiger partial charge in [-0.2, -0.15) is 5.10 Å². The largest absolute Gasteiger partial charge is 0.488 e. The third-order valence-electron chi connectivity index (χ3n) is 5.97. The van der Waals surface area contributed by atoms with Gasteiger partial charge in [-0.3, -0.25) is 10.1 Å². The van der Waals surface area contributed by atoms with Crippen molar-refractivity contribution in [3.63, 3.8) is 0 Å². The third-order valence-corrected chi connectivity index (χ3v) is 6.79. The Hall–Kier alpha value is -3.86. The van der Waals surface area contributed by atoms with E-state index in [1.807, 2.05) is 75.4 Å². The lowest BCUT2D eigenvalue weighted by Gasteiger charge is -2.24. The Morgan fingerprint density at radius 2 is 1.92 bits per heavy atom. The van der Waals surface area contributed by atoms with Gasteiger partial charge < -0.3 is 19.2 Å². The molecule has 5 rings (SSSR count). The second kappa shape index (κ2) is 11.5. The Morgan fingerprint density at radius 3 is 2.67 bits per heavy atom. The van der Waals surface area contributed by atoms with Gasteiger partial charge >= 0.3 is 6.09 Å². The van der Waals surface area contributed by atoms with E-state index in [1.54, 1.807) is 18.7 Å². The Kier molecular flexibility index (Phi) is 7.87. The predicted octanol–water partition coefficient (Wildman–Crippen LogP) is 7.00. The SMILES string of the molecule is CC(C)(C)NC(=O)O[C@H](COc1cnc(-c2ccoc2)c(-c2ccc3n[nH]c(I)c3c2)c1)Cc1ccccc1. The second-order valence-corrected chi connectivity index (χ2v) is 11.3. The predicted molar refractivity (Wildman–Crippen MR) is 159 cm³/mol. The van der Waals surface area contributed by atoms with Crippen LogP contribution in [0.5, 0.6) is 5.75 Å². The normalized spacial score (nSPS) is 12.3. The Balaban J connectivity index is 1.42. The molecule has 0 radical (unpaired) electrons. The van der Waals surface area contributed by atoms with Crippen LogP contribution >= 0.6 is 22.6 Å². The maximum absolute atomic E-state index is 12.6. The molecule has 5 aromatic rings. The number of hydrogen-bond acceptors (Lipinski definition) is 6. The minimum atomic E-state index is -0.504. The highest BCUT2D eigenvalue weighted by Crippen LogP contribution is 2.35. The molecular weight excluding hydrogens is 607 g/mol. The molecule has 0 aliphatic heterocycles. The van der Waals surface area contributed by atoms with Crippen molar-refractivity contribution in [2.75, 3.05) is 6.61 Å². The van der Waals surface area contributed by atoms with E-state index < -0.39 is 17.7 Å². The lowest BCUT2D eigenvalue weighted by molar-refractivity contribution is 0.0608. The molecule has 0 aliphatic rings. The number of carbonyl (C=O) groups excluding carboxylic acids is 1. The molecule has 3 heterocycles. The summed E-state index contributed by atoms with van der Waals surface area (Å²) in [6.45, 7) is 5.90. The topological polar surface area (TPSA) is 102 Å². The molecule has 0 spiro atoms. The zero-order valence-electron chi connectivity index (χ0n) is 21.9. The number of benzene rings is 2. The monoisotopic (exact) mass is 636 g/mol. The van der Waals surface area contributed by atoms with E-state index in [-0.39, 0.29) is 6.61 Å². The molecule has 0 saturated heterocycles. The molecule has 2 aromatic carbocycles. The standard InChI is InChI=1S/C30H29IN4O4/c1-30(2,3)33-29(36)39-23(13-19-7-5-4-6-8-19)18-38-22-15-24(27(32-16-22)21-11-12-37-17-21)20-9-10-26-25(14-20)28(31)35-34-26/h4-12,14-17,23H,13,18H2,1-3H3,(H,33,36)(H,34,35)/t23-/m0/s1. The summed E-state index contributed by atoms with van der Waals surface area (Å²) in [7, 11) is 0. The number of H-pyrrole nitrogens is 1. The summed E-state index contributed by atoms with van der Waals surface area (Å²) < 4.78 is 18.3. The van der Waals surface area contributed by atoms with Gasteiger partial charge in [0.2, 0.25) is 0 Å². The second-order valence-electron chi connectivity index (χ2n) is 10.3. The first-order chi connectivity index (χ1) is 18.7. The molecule has 200 valence electrons. The van der Waals surface area contributed by atoms with Crippen LogP contribution in [0.25, 0.3) is 33.3 Å². The summed E-state index contributed by atoms with van der Waals surface area (Å²) in [6, 6.07) is 19.8. The lowest BCUT2D eigenvalue weighted by Crippen LogP contribution is -2.43. The fourth-order valence-electron chi connectivity index (χ4n) is 4.21. The summed E-state index contributed by atoms with van der Waals surface area (Å²) in [5.74, 6) is 0.567. The zero-order chi connectivity index (χ0) is 27.4. The number of aromatic amines is 1. The minimum Gasteiger partial charge on any atom is -0.488 e. The number of nitrogens with one attached hydrogen (secondary N) is 2. The number of pyridine rings is 1. The van der Waals surface area contributed by atoms with E-state index in [4.69, 9.17) is 18.9 Å². The highest BCUT2D eigenvalue weighted by Gasteiger charge is 2.21. The molecule has 0 fully saturated rings. The van der Waals surface area contributed by atoms with E-state index in [1.165, 1.54) is 0 Å². The Bertz CT molecular complexity index is 1560. The van der Waals surface area contributed by atoms with E-state index in [2.05, 4.69) is 44.2 Å². The third kappa shape index (κ3) is 6.78. The fourth-order valence-corrected chi connectivity index (χ4v) is 4.76. The van der Waals surface area contributed by atoms with Crippen molar-refractivity contribution in [1.29, 1.82) is 0 Å². The number of alkyl carbamates (subject to hydrolysis) is 1. The highest BCUT2D eigenvalue weighted by atomic mass is 127. The van der Waals surface area contributed by atoms with Gasteiger partial charge in [-0.25, -0.2) is 4.79 Å². The molecular formula is C30H29IN4O4. The van der Waals surface area contributed by atoms with Gasteiger partial charge in [-0.05, 0) is 78.8 Å². The first-order valence-electron chi connectivity index (χ1n) is 12.6. The smallest absolute Gasteiger partial charge is 0.407 e. The van der Waals surface area contributed by atoms with E-state index in [9.17, 15) is 4.79 Å². The molecule has 2 N–H and O–H groups in total. The van der Waals surface area contributed by atoms with Gasteiger partial charge in [0.1, 0.15) is 22.2 Å². The maximum atomic E-state index is 12.6. The van der Waals surface area contributed by atoms with Gasteiger partial charge in [-0.15, -0.1) is 0 Å². The summed E-state index contributed by atoms with van der Waals surface area (Å²) in [5.41, 5.74) is 5.02. The Labute approximate surface area is 240 Å². The number of rotatable bonds is 8. The number of amides is 1. The highest BCUT2D eigenvalue weighted by molar-refractivity contribution is 14.1. The summed E-state index contributed by atoms with van der Waals surface area (Å²) >= 11 is 2.24. The molecule has 0 saturated carbocycles. The number of halogens is 1. The van der Waals surface area contributed by atoms with Crippen LogP contribution in [0.15, 0.2) is 83.8 Å². The van der Waals surface area contributed by atoms with Gasteiger partial charge in [0.15, 0.2) is 0 Å². The first kappa shape index (κ1) is 26.7. The van der Waals surface area contributed by atoms with E-state index in [0.717, 1.165) is 42.6 Å². The molecule has 0 aliphatic carbocycles. The molecule has 3 aromatic heterocycles. The van der Waals surface area contributed by atoms with Crippen molar-refractivity contribution in [3.8, 4) is 28.1 Å². The molecule has 1 amide bonds. The minimum absolute atomic E-state index is 0.164. The summed E-state index contributed by atoms with van der Waals surface area (Å²) in [6.07, 6.45) is 4.51. The van der Waals surface area contributed by atoms with E-state index >= 15 is 0 Å². The van der Waals surface area contributed by atoms with Crippen LogP contribution in [0.1, 0.15) is 26.3 Å². The average molecular weight is 636 g/mol. The van der Waals surface area contributed by atoms with Crippen LogP contribution in [0.3, 0.4) is 0 Å². The summed E-state index contributed by atoms with van der Waals surface area (Å²) in [5, 5.41) is 11.2. The quantitative estimate of drug-likeness (QED) is 0.178. The van der Waals surface area contributed by atoms with Crippen molar-refractivity contribution in [2.24, 2.45) is 0 Å². The van der Waals surface area contributed by atoms with Crippen molar-refractivity contribution in [3.05, 3.63) is 88.7 Å². The zero-order valence-corrected chi connectivity index (χ0v) is 24.1. The van der Waals surface area contributed by atoms with Crippen LogP contribution in [0.2, 0.25) is 0 Å². The number of hydrogen-bond donors (Lipinski definition) is 2. The molecule has 1 atom stereocenters. The average Bonchev–Trinajstić information content (AvgIpc) is 3.57. The summed E-state index contributed by atoms with van der Waals surface area (Å²) in [4.78, 5) is 17.3. The number of fused-ring (bicyclic) bond motifs is 1. The Morgan fingerprint density at radius 1 is 1.10 bits per heavy atom. The van der Waals surface area contributed by atoms with Crippen LogP contribution < -0.4 is 10.1 Å². The molecule has 9 heteroatoms.